The number of amides is 1. The molecule has 0 aromatic heterocycles. The average Bonchev–Trinajstić information content (AvgIpc) is 3.83. The molecule has 2 fully saturated rings. The van der Waals surface area contributed by atoms with E-state index in [2.05, 4.69) is 6.58 Å². The largest absolute Gasteiger partial charge is 0.391 e. The van der Waals surface area contributed by atoms with Crippen molar-refractivity contribution in [1.29, 1.82) is 0 Å². The van der Waals surface area contributed by atoms with Crippen LogP contribution in [0.3, 0.4) is 0 Å². The van der Waals surface area contributed by atoms with Gasteiger partial charge in [0, 0.05) is 16.5 Å². The SMILES string of the molecule is C=CC[C@@H]1O[C@H](c2cccc(Cl)c2)[C@@H](c2ccc(Cl)cc2)N(C(CN(c2ccccc2F)S(=O)(=O)C2CC2)CC(F)(F)F)C1=O. The summed E-state index contributed by atoms with van der Waals surface area (Å²) >= 11 is 12.4. The van der Waals surface area contributed by atoms with Crippen LogP contribution in [0, 0.1) is 5.82 Å². The third-order valence-electron chi connectivity index (χ3n) is 7.81. The number of carbonyl (C=O) groups is 1. The second kappa shape index (κ2) is 13.3. The number of benzene rings is 3. The summed E-state index contributed by atoms with van der Waals surface area (Å²) in [4.78, 5) is 15.3. The first-order valence-corrected chi connectivity index (χ1v) is 16.5. The number of morpholine rings is 1. The summed E-state index contributed by atoms with van der Waals surface area (Å²) < 4.78 is 92.8. The quantitative estimate of drug-likeness (QED) is 0.152. The van der Waals surface area contributed by atoms with Crippen LogP contribution in [0.1, 0.15) is 49.0 Å². The molecule has 1 aliphatic heterocycles. The number of hydrogen-bond donors (Lipinski definition) is 0. The van der Waals surface area contributed by atoms with Crippen LogP contribution in [0.15, 0.2) is 85.5 Å². The fourth-order valence-electron chi connectivity index (χ4n) is 5.66. The van der Waals surface area contributed by atoms with Gasteiger partial charge in [-0.05, 0) is 60.4 Å². The first kappa shape index (κ1) is 33.2. The van der Waals surface area contributed by atoms with Gasteiger partial charge in [0.25, 0.3) is 5.91 Å². The Morgan fingerprint density at radius 3 is 2.29 bits per heavy atom. The minimum atomic E-state index is -4.84. The molecule has 3 aromatic rings. The van der Waals surface area contributed by atoms with Crippen LogP contribution < -0.4 is 4.31 Å². The van der Waals surface area contributed by atoms with E-state index in [1.165, 1.54) is 36.4 Å². The van der Waals surface area contributed by atoms with Crippen LogP contribution in [-0.4, -0.2) is 49.3 Å². The number of hydrogen-bond acceptors (Lipinski definition) is 4. The van der Waals surface area contributed by atoms with E-state index < -0.39 is 76.1 Å². The molecule has 1 aliphatic carbocycles. The molecule has 5 rings (SSSR count). The predicted molar refractivity (Wildman–Crippen MR) is 165 cm³/mol. The van der Waals surface area contributed by atoms with Crippen molar-refractivity contribution in [3.8, 4) is 0 Å². The van der Waals surface area contributed by atoms with Gasteiger partial charge >= 0.3 is 6.18 Å². The van der Waals surface area contributed by atoms with Crippen molar-refractivity contribution in [1.82, 2.24) is 4.90 Å². The Morgan fingerprint density at radius 1 is 1.00 bits per heavy atom. The molecule has 240 valence electrons. The van der Waals surface area contributed by atoms with Crippen LogP contribution in [0.4, 0.5) is 23.2 Å². The summed E-state index contributed by atoms with van der Waals surface area (Å²) in [6.45, 7) is 2.83. The summed E-state index contributed by atoms with van der Waals surface area (Å²) in [7, 11) is -4.29. The number of sulfonamides is 1. The maximum absolute atomic E-state index is 15.2. The van der Waals surface area contributed by atoms with Crippen LogP contribution in [0.25, 0.3) is 0 Å². The number of anilines is 1. The van der Waals surface area contributed by atoms with E-state index >= 15 is 4.39 Å². The fraction of sp³-hybridized carbons (Fsp3) is 0.344. The molecule has 6 nitrogen and oxygen atoms in total. The first-order chi connectivity index (χ1) is 21.3. The molecule has 1 heterocycles. The molecule has 13 heteroatoms. The van der Waals surface area contributed by atoms with Crippen molar-refractivity contribution in [2.45, 2.75) is 61.4 Å². The van der Waals surface area contributed by atoms with Crippen molar-refractivity contribution >= 4 is 44.8 Å². The topological polar surface area (TPSA) is 66.9 Å². The third kappa shape index (κ3) is 7.48. The lowest BCUT2D eigenvalue weighted by Crippen LogP contribution is -2.58. The molecular formula is C32H30Cl2F4N2O4S. The lowest BCUT2D eigenvalue weighted by molar-refractivity contribution is -0.189. The highest BCUT2D eigenvalue weighted by Crippen LogP contribution is 2.46. The van der Waals surface area contributed by atoms with Crippen molar-refractivity contribution in [3.63, 3.8) is 0 Å². The minimum Gasteiger partial charge on any atom is -0.358 e. The summed E-state index contributed by atoms with van der Waals surface area (Å²) in [6, 6.07) is 14.8. The van der Waals surface area contributed by atoms with Crippen molar-refractivity contribution in [3.05, 3.63) is 112 Å². The van der Waals surface area contributed by atoms with E-state index in [9.17, 15) is 26.4 Å². The molecule has 45 heavy (non-hydrogen) atoms. The molecule has 0 N–H and O–H groups in total. The van der Waals surface area contributed by atoms with Crippen molar-refractivity contribution in [2.75, 3.05) is 10.8 Å². The number of halogens is 6. The highest BCUT2D eigenvalue weighted by Gasteiger charge is 2.51. The molecule has 1 saturated carbocycles. The number of carbonyl (C=O) groups excluding carboxylic acids is 1. The van der Waals surface area contributed by atoms with Crippen LogP contribution in [0.5, 0.6) is 0 Å². The van der Waals surface area contributed by atoms with Gasteiger partial charge in [-0.25, -0.2) is 12.8 Å². The van der Waals surface area contributed by atoms with Crippen LogP contribution in [-0.2, 0) is 19.6 Å². The predicted octanol–water partition coefficient (Wildman–Crippen LogP) is 8.04. The van der Waals surface area contributed by atoms with Gasteiger partial charge in [0.15, 0.2) is 0 Å². The Kier molecular flexibility index (Phi) is 9.84. The van der Waals surface area contributed by atoms with Gasteiger partial charge in [0.2, 0.25) is 10.0 Å². The average molecular weight is 686 g/mol. The van der Waals surface area contributed by atoms with Gasteiger partial charge in [0.1, 0.15) is 18.0 Å². The van der Waals surface area contributed by atoms with E-state index in [0.717, 1.165) is 11.0 Å². The van der Waals surface area contributed by atoms with Crippen LogP contribution >= 0.6 is 23.2 Å². The van der Waals surface area contributed by atoms with Crippen LogP contribution in [0.2, 0.25) is 10.0 Å². The number of alkyl halides is 3. The lowest BCUT2D eigenvalue weighted by atomic mass is 9.89. The number of rotatable bonds is 11. The normalized spacial score (nSPS) is 21.4. The molecule has 0 radical (unpaired) electrons. The minimum absolute atomic E-state index is 0.0319. The van der Waals surface area contributed by atoms with E-state index in [1.54, 1.807) is 36.4 Å². The Bertz CT molecular complexity index is 1650. The second-order valence-electron chi connectivity index (χ2n) is 11.1. The molecule has 0 bridgehead atoms. The zero-order valence-corrected chi connectivity index (χ0v) is 26.2. The highest BCUT2D eigenvalue weighted by molar-refractivity contribution is 7.93. The molecule has 4 atom stereocenters. The van der Waals surface area contributed by atoms with Crippen molar-refractivity contribution < 1.29 is 35.5 Å². The summed E-state index contributed by atoms with van der Waals surface area (Å²) in [5.74, 6) is -1.71. The summed E-state index contributed by atoms with van der Waals surface area (Å²) in [5.41, 5.74) is 0.482. The molecule has 1 saturated heterocycles. The Morgan fingerprint density at radius 2 is 1.69 bits per heavy atom. The van der Waals surface area contributed by atoms with E-state index in [0.29, 0.717) is 38.3 Å². The van der Waals surface area contributed by atoms with E-state index in [4.69, 9.17) is 27.9 Å². The van der Waals surface area contributed by atoms with Gasteiger partial charge in [-0.1, -0.05) is 65.7 Å². The number of para-hydroxylation sites is 1. The fourth-order valence-corrected chi connectivity index (χ4v) is 7.88. The molecular weight excluding hydrogens is 655 g/mol. The maximum Gasteiger partial charge on any atom is 0.391 e. The molecule has 3 aromatic carbocycles. The Balaban J connectivity index is 1.71. The molecule has 2 aliphatic rings. The highest BCUT2D eigenvalue weighted by atomic mass is 35.5. The van der Waals surface area contributed by atoms with E-state index in [1.807, 2.05) is 0 Å². The smallest absolute Gasteiger partial charge is 0.358 e. The summed E-state index contributed by atoms with van der Waals surface area (Å²) in [6.07, 6.45) is -6.71. The number of nitrogens with zero attached hydrogens (tertiary/aromatic N) is 2. The summed E-state index contributed by atoms with van der Waals surface area (Å²) in [5, 5.41) is -0.183. The van der Waals surface area contributed by atoms with Gasteiger partial charge in [-0.3, -0.25) is 9.10 Å². The first-order valence-electron chi connectivity index (χ1n) is 14.2. The zero-order chi connectivity index (χ0) is 32.5. The molecule has 1 amide bonds. The standard InChI is InChI=1S/C32H30Cl2F4N2O4S/c1-2-6-28-31(41)40(29(20-11-13-22(33)14-12-20)30(44-28)21-7-5-8-23(34)17-21)24(18-32(36,37)38)19-39(45(42,43)25-15-16-25)27-10-4-3-9-26(27)35/h2-5,7-14,17,24-25,28-30H,1,6,15-16,18-19H2/t24?,28-,29+,30+/m0/s1. The maximum atomic E-state index is 15.2. The van der Waals surface area contributed by atoms with E-state index in [-0.39, 0.29) is 6.42 Å². The van der Waals surface area contributed by atoms with Gasteiger partial charge < -0.3 is 9.64 Å². The van der Waals surface area contributed by atoms with Gasteiger partial charge in [-0.15, -0.1) is 6.58 Å². The zero-order valence-electron chi connectivity index (χ0n) is 23.8. The third-order valence-corrected chi connectivity index (χ3v) is 10.6. The second-order valence-corrected chi connectivity index (χ2v) is 14.1. The Hall–Kier alpha value is -3.12. The molecule has 0 spiro atoms. The Labute approximate surface area is 269 Å². The monoisotopic (exact) mass is 684 g/mol. The number of ether oxygens (including phenoxy) is 1. The van der Waals surface area contributed by atoms with Gasteiger partial charge in [-0.2, -0.15) is 13.2 Å². The van der Waals surface area contributed by atoms with Crippen molar-refractivity contribution in [2.24, 2.45) is 0 Å². The lowest BCUT2D eigenvalue weighted by Gasteiger charge is -2.49. The molecule has 1 unspecified atom stereocenters. The van der Waals surface area contributed by atoms with Gasteiger partial charge in [0.05, 0.1) is 36.0 Å².